The van der Waals surface area contributed by atoms with Crippen molar-refractivity contribution in [3.63, 3.8) is 0 Å². The molecular formula is C14H20ClNO. The van der Waals surface area contributed by atoms with E-state index in [1.165, 1.54) is 0 Å². The van der Waals surface area contributed by atoms with E-state index in [1.54, 1.807) is 0 Å². The highest BCUT2D eigenvalue weighted by molar-refractivity contribution is 6.32. The van der Waals surface area contributed by atoms with E-state index < -0.39 is 0 Å². The van der Waals surface area contributed by atoms with Gasteiger partial charge in [-0.05, 0) is 43.0 Å². The molecule has 1 aromatic carbocycles. The molecule has 0 spiro atoms. The summed E-state index contributed by atoms with van der Waals surface area (Å²) in [7, 11) is 0. The first-order valence-electron chi connectivity index (χ1n) is 5.84. The maximum absolute atomic E-state index is 6.14. The van der Waals surface area contributed by atoms with Crippen LogP contribution < -0.4 is 10.5 Å². The molecule has 0 saturated carbocycles. The van der Waals surface area contributed by atoms with E-state index in [4.69, 9.17) is 22.1 Å². The predicted octanol–water partition coefficient (Wildman–Crippen LogP) is 3.57. The van der Waals surface area contributed by atoms with Gasteiger partial charge in [-0.25, -0.2) is 0 Å². The third-order valence-electron chi connectivity index (χ3n) is 2.49. The van der Waals surface area contributed by atoms with Crippen LogP contribution in [-0.4, -0.2) is 12.6 Å². The van der Waals surface area contributed by atoms with E-state index in [2.05, 4.69) is 13.5 Å². The summed E-state index contributed by atoms with van der Waals surface area (Å²) >= 11 is 6.14. The molecule has 3 heteroatoms. The minimum atomic E-state index is 0.188. The largest absolute Gasteiger partial charge is 0.488 e. The fourth-order valence-electron chi connectivity index (χ4n) is 1.44. The maximum atomic E-state index is 6.14. The molecule has 2 nitrogen and oxygen atoms in total. The zero-order valence-corrected chi connectivity index (χ0v) is 11.3. The van der Waals surface area contributed by atoms with Crippen molar-refractivity contribution in [3.8, 4) is 5.75 Å². The highest BCUT2D eigenvalue weighted by atomic mass is 35.5. The topological polar surface area (TPSA) is 35.2 Å². The van der Waals surface area contributed by atoms with Gasteiger partial charge in [0.15, 0.2) is 0 Å². The smallest absolute Gasteiger partial charge is 0.138 e. The van der Waals surface area contributed by atoms with Crippen LogP contribution in [0.5, 0.6) is 5.75 Å². The van der Waals surface area contributed by atoms with Crippen molar-refractivity contribution >= 4 is 11.6 Å². The van der Waals surface area contributed by atoms with E-state index in [1.807, 2.05) is 25.1 Å². The monoisotopic (exact) mass is 253 g/mol. The molecule has 0 aliphatic heterocycles. The lowest BCUT2D eigenvalue weighted by atomic mass is 10.0. The normalized spacial score (nSPS) is 12.2. The van der Waals surface area contributed by atoms with E-state index in [0.29, 0.717) is 17.4 Å². The molecule has 0 heterocycles. The standard InChI is InChI=1S/C14H20ClNO/c1-4-12(16)7-11-5-6-14(13(15)8-11)17-9-10(2)3/h5-6,8,12H,2,4,7,9,16H2,1,3H3. The number of benzene rings is 1. The van der Waals surface area contributed by atoms with Crippen molar-refractivity contribution in [3.05, 3.63) is 40.9 Å². The third-order valence-corrected chi connectivity index (χ3v) is 2.79. The molecule has 0 aliphatic carbocycles. The Hall–Kier alpha value is -0.990. The van der Waals surface area contributed by atoms with E-state index >= 15 is 0 Å². The fourth-order valence-corrected chi connectivity index (χ4v) is 1.69. The van der Waals surface area contributed by atoms with Crippen molar-refractivity contribution < 1.29 is 4.74 Å². The van der Waals surface area contributed by atoms with E-state index in [9.17, 15) is 0 Å². The molecule has 0 saturated heterocycles. The Bertz CT molecular complexity index is 390. The molecule has 0 bridgehead atoms. The number of rotatable bonds is 6. The third kappa shape index (κ3) is 4.80. The molecule has 1 unspecified atom stereocenters. The van der Waals surface area contributed by atoms with Gasteiger partial charge in [-0.3, -0.25) is 0 Å². The van der Waals surface area contributed by atoms with Crippen LogP contribution in [0.4, 0.5) is 0 Å². The summed E-state index contributed by atoms with van der Waals surface area (Å²) < 4.78 is 5.52. The first kappa shape index (κ1) is 14.1. The van der Waals surface area contributed by atoms with Gasteiger partial charge in [0, 0.05) is 6.04 Å². The van der Waals surface area contributed by atoms with E-state index in [0.717, 1.165) is 24.0 Å². The zero-order chi connectivity index (χ0) is 12.8. The molecule has 0 aliphatic rings. The maximum Gasteiger partial charge on any atom is 0.138 e. The molecule has 17 heavy (non-hydrogen) atoms. The van der Waals surface area contributed by atoms with Gasteiger partial charge < -0.3 is 10.5 Å². The number of hydrogen-bond acceptors (Lipinski definition) is 2. The van der Waals surface area contributed by atoms with Crippen molar-refractivity contribution in [2.24, 2.45) is 5.73 Å². The summed E-state index contributed by atoms with van der Waals surface area (Å²) in [5.74, 6) is 0.698. The van der Waals surface area contributed by atoms with Gasteiger partial charge in [-0.15, -0.1) is 0 Å². The van der Waals surface area contributed by atoms with Crippen molar-refractivity contribution in [1.82, 2.24) is 0 Å². The SMILES string of the molecule is C=C(C)COc1ccc(CC(N)CC)cc1Cl. The van der Waals surface area contributed by atoms with Crippen LogP contribution in [0.25, 0.3) is 0 Å². The van der Waals surface area contributed by atoms with Crippen LogP contribution in [0.3, 0.4) is 0 Å². The summed E-state index contributed by atoms with van der Waals surface area (Å²) in [6, 6.07) is 6.01. The average molecular weight is 254 g/mol. The van der Waals surface area contributed by atoms with Gasteiger partial charge >= 0.3 is 0 Å². The lowest BCUT2D eigenvalue weighted by Crippen LogP contribution is -2.21. The zero-order valence-electron chi connectivity index (χ0n) is 10.5. The quantitative estimate of drug-likeness (QED) is 0.787. The van der Waals surface area contributed by atoms with Crippen LogP contribution in [0.15, 0.2) is 30.4 Å². The van der Waals surface area contributed by atoms with Crippen LogP contribution in [0.2, 0.25) is 5.02 Å². The van der Waals surface area contributed by atoms with Crippen LogP contribution in [0, 0.1) is 0 Å². The summed E-state index contributed by atoms with van der Waals surface area (Å²) in [5, 5.41) is 0.632. The Morgan fingerprint density at radius 1 is 1.53 bits per heavy atom. The van der Waals surface area contributed by atoms with Crippen LogP contribution in [0.1, 0.15) is 25.8 Å². The van der Waals surface area contributed by atoms with Gasteiger partial charge in [0.1, 0.15) is 12.4 Å². The first-order valence-corrected chi connectivity index (χ1v) is 6.22. The Labute approximate surface area is 108 Å². The minimum Gasteiger partial charge on any atom is -0.488 e. The summed E-state index contributed by atoms with van der Waals surface area (Å²) in [4.78, 5) is 0. The molecule has 94 valence electrons. The van der Waals surface area contributed by atoms with Crippen molar-refractivity contribution in [1.29, 1.82) is 0 Å². The molecule has 1 aromatic rings. The Balaban J connectivity index is 2.68. The van der Waals surface area contributed by atoms with Crippen LogP contribution >= 0.6 is 11.6 Å². The Morgan fingerprint density at radius 2 is 2.24 bits per heavy atom. The first-order chi connectivity index (χ1) is 8.02. The number of halogens is 1. The van der Waals surface area contributed by atoms with Gasteiger partial charge in [-0.1, -0.05) is 31.2 Å². The summed E-state index contributed by atoms with van der Waals surface area (Å²) in [6.07, 6.45) is 1.81. The van der Waals surface area contributed by atoms with Crippen LogP contribution in [-0.2, 0) is 6.42 Å². The number of nitrogens with two attached hydrogens (primary N) is 1. The molecule has 0 radical (unpaired) electrons. The van der Waals surface area contributed by atoms with E-state index in [-0.39, 0.29) is 6.04 Å². The lowest BCUT2D eigenvalue weighted by molar-refractivity contribution is 0.353. The number of ether oxygens (including phenoxy) is 1. The average Bonchev–Trinajstić information content (AvgIpc) is 2.27. The summed E-state index contributed by atoms with van der Waals surface area (Å²) in [6.45, 7) is 8.28. The lowest BCUT2D eigenvalue weighted by Gasteiger charge is -2.11. The fraction of sp³-hybridized carbons (Fsp3) is 0.429. The molecule has 0 aromatic heterocycles. The van der Waals surface area contributed by atoms with Gasteiger partial charge in [-0.2, -0.15) is 0 Å². The Morgan fingerprint density at radius 3 is 2.76 bits per heavy atom. The molecular weight excluding hydrogens is 234 g/mol. The van der Waals surface area contributed by atoms with Gasteiger partial charge in [0.25, 0.3) is 0 Å². The predicted molar refractivity (Wildman–Crippen MR) is 73.7 cm³/mol. The second-order valence-electron chi connectivity index (χ2n) is 4.38. The molecule has 1 rings (SSSR count). The molecule has 0 fully saturated rings. The highest BCUT2D eigenvalue weighted by Gasteiger charge is 2.06. The number of hydrogen-bond donors (Lipinski definition) is 1. The van der Waals surface area contributed by atoms with Crippen molar-refractivity contribution in [2.45, 2.75) is 32.7 Å². The molecule has 1 atom stereocenters. The van der Waals surface area contributed by atoms with Gasteiger partial charge in [0.2, 0.25) is 0 Å². The summed E-state index contributed by atoms with van der Waals surface area (Å²) in [5.41, 5.74) is 8.02. The second kappa shape index (κ2) is 6.67. The van der Waals surface area contributed by atoms with Crippen molar-refractivity contribution in [2.75, 3.05) is 6.61 Å². The Kier molecular flexibility index (Phi) is 5.52. The van der Waals surface area contributed by atoms with Gasteiger partial charge in [0.05, 0.1) is 5.02 Å². The molecule has 2 N–H and O–H groups in total. The highest BCUT2D eigenvalue weighted by Crippen LogP contribution is 2.26. The second-order valence-corrected chi connectivity index (χ2v) is 4.79. The minimum absolute atomic E-state index is 0.188. The molecule has 0 amide bonds.